The minimum Gasteiger partial charge on any atom is -0.493 e. The van der Waals surface area contributed by atoms with Crippen LogP contribution in [0, 0.1) is 0 Å². The van der Waals surface area contributed by atoms with E-state index in [0.717, 1.165) is 0 Å². The number of nitrogens with zero attached hydrogens (tertiary/aromatic N) is 2. The molecule has 0 bridgehead atoms. The monoisotopic (exact) mass is 652 g/mol. The number of carboxylic acid groups (broad SMARTS) is 1. The van der Waals surface area contributed by atoms with Crippen molar-refractivity contribution in [3.63, 3.8) is 0 Å². The van der Waals surface area contributed by atoms with Gasteiger partial charge >= 0.3 is 11.9 Å². The minimum atomic E-state index is -1.02. The summed E-state index contributed by atoms with van der Waals surface area (Å²) in [6.45, 7) is 3.57. The van der Waals surface area contributed by atoms with Gasteiger partial charge in [-0.05, 0) is 55.8 Å². The zero-order valence-electron chi connectivity index (χ0n) is 23.0. The molecule has 0 radical (unpaired) electrons. The van der Waals surface area contributed by atoms with Gasteiger partial charge in [-0.15, -0.1) is 0 Å². The van der Waals surface area contributed by atoms with E-state index in [0.29, 0.717) is 53.6 Å². The number of fused-ring (bicyclic) bond motifs is 1. The molecule has 0 fully saturated rings. The second-order valence-electron chi connectivity index (χ2n) is 9.12. The van der Waals surface area contributed by atoms with Crippen molar-refractivity contribution in [2.24, 2.45) is 4.99 Å². The Labute approximate surface area is 251 Å². The van der Waals surface area contributed by atoms with E-state index >= 15 is 0 Å². The van der Waals surface area contributed by atoms with Gasteiger partial charge in [-0.2, -0.15) is 0 Å². The van der Waals surface area contributed by atoms with Crippen LogP contribution in [-0.2, 0) is 9.53 Å². The van der Waals surface area contributed by atoms with E-state index in [4.69, 9.17) is 23.7 Å². The smallest absolute Gasteiger partial charge is 0.338 e. The molecule has 0 saturated heterocycles. The average molecular weight is 654 g/mol. The minimum absolute atomic E-state index is 0.152. The number of rotatable bonds is 8. The summed E-state index contributed by atoms with van der Waals surface area (Å²) in [5.74, 6) is 0.239. The highest BCUT2D eigenvalue weighted by molar-refractivity contribution is 9.10. The Kier molecular flexibility index (Phi) is 8.19. The fourth-order valence-electron chi connectivity index (χ4n) is 4.66. The number of carboxylic acids is 1. The predicted molar refractivity (Wildman–Crippen MR) is 159 cm³/mol. The Hall–Kier alpha value is -4.42. The summed E-state index contributed by atoms with van der Waals surface area (Å²) in [5, 5.41) is 9.15. The van der Waals surface area contributed by atoms with Crippen LogP contribution in [0.2, 0.25) is 0 Å². The van der Waals surface area contributed by atoms with Crippen LogP contribution >= 0.6 is 27.3 Å². The molecule has 0 amide bonds. The maximum atomic E-state index is 13.9. The number of carbonyl (C=O) groups is 2. The highest BCUT2D eigenvalue weighted by atomic mass is 79.9. The van der Waals surface area contributed by atoms with Gasteiger partial charge in [0.1, 0.15) is 11.5 Å². The van der Waals surface area contributed by atoms with Crippen LogP contribution in [0.15, 0.2) is 78.5 Å². The molecule has 5 rings (SSSR count). The molecule has 2 aromatic heterocycles. The van der Waals surface area contributed by atoms with E-state index in [1.54, 1.807) is 56.3 Å². The van der Waals surface area contributed by atoms with E-state index in [1.165, 1.54) is 42.3 Å². The van der Waals surface area contributed by atoms with Gasteiger partial charge in [-0.1, -0.05) is 39.4 Å². The molecule has 3 heterocycles. The third kappa shape index (κ3) is 5.30. The van der Waals surface area contributed by atoms with Crippen molar-refractivity contribution < 1.29 is 33.3 Å². The number of halogens is 1. The lowest BCUT2D eigenvalue weighted by molar-refractivity contribution is -0.139. The number of furan rings is 1. The zero-order valence-corrected chi connectivity index (χ0v) is 25.4. The van der Waals surface area contributed by atoms with Crippen molar-refractivity contribution in [3.05, 3.63) is 101 Å². The standard InChI is InChI=1S/C30H25BrN2O8S/c1-5-40-29(37)25-15(2)32-30-33(26(25)19-13-22(38-3)23(39-4)14-20(19)31)27(34)24(42-30)12-18-10-11-21(41-18)16-6-8-17(9-7-16)28(35)36/h6-14,26H,5H2,1-4H3,(H,35,36)/t26-/m1/s1. The molecule has 0 aliphatic carbocycles. The number of hydrogen-bond donors (Lipinski definition) is 1. The van der Waals surface area contributed by atoms with Gasteiger partial charge in [0.15, 0.2) is 16.3 Å². The van der Waals surface area contributed by atoms with E-state index in [1.807, 2.05) is 0 Å². The quantitative estimate of drug-likeness (QED) is 0.275. The van der Waals surface area contributed by atoms with Gasteiger partial charge in [-0.25, -0.2) is 14.6 Å². The molecule has 1 atom stereocenters. The molecular weight excluding hydrogens is 628 g/mol. The largest absolute Gasteiger partial charge is 0.493 e. The van der Waals surface area contributed by atoms with E-state index < -0.39 is 18.0 Å². The average Bonchev–Trinajstić information content (AvgIpc) is 3.56. The summed E-state index contributed by atoms with van der Waals surface area (Å²) >= 11 is 4.75. The molecule has 0 unspecified atom stereocenters. The second kappa shape index (κ2) is 11.8. The lowest BCUT2D eigenvalue weighted by atomic mass is 9.95. The van der Waals surface area contributed by atoms with Gasteiger partial charge in [-0.3, -0.25) is 9.36 Å². The van der Waals surface area contributed by atoms with Gasteiger partial charge < -0.3 is 23.7 Å². The van der Waals surface area contributed by atoms with Crippen molar-refractivity contribution in [1.29, 1.82) is 0 Å². The Bertz CT molecular complexity index is 1920. The lowest BCUT2D eigenvalue weighted by Crippen LogP contribution is -2.40. The maximum absolute atomic E-state index is 13.9. The summed E-state index contributed by atoms with van der Waals surface area (Å²) in [6, 6.07) is 12.3. The summed E-state index contributed by atoms with van der Waals surface area (Å²) in [4.78, 5) is 43.3. The van der Waals surface area contributed by atoms with Crippen LogP contribution in [0.1, 0.15) is 41.6 Å². The fraction of sp³-hybridized carbons (Fsp3) is 0.200. The second-order valence-corrected chi connectivity index (χ2v) is 11.0. The van der Waals surface area contributed by atoms with Crippen LogP contribution in [0.3, 0.4) is 0 Å². The molecule has 1 aliphatic heterocycles. The third-order valence-corrected chi connectivity index (χ3v) is 8.30. The summed E-state index contributed by atoms with van der Waals surface area (Å²) in [5.41, 5.74) is 1.73. The molecule has 2 aromatic carbocycles. The first-order valence-electron chi connectivity index (χ1n) is 12.7. The SMILES string of the molecule is CCOC(=O)C1=C(C)N=c2sc(=Cc3ccc(-c4ccc(C(=O)O)cc4)o3)c(=O)n2[C@@H]1c1cc(OC)c(OC)cc1Br. The number of esters is 1. The van der Waals surface area contributed by atoms with E-state index in [9.17, 15) is 14.4 Å². The highest BCUT2D eigenvalue weighted by Gasteiger charge is 2.35. The highest BCUT2D eigenvalue weighted by Crippen LogP contribution is 2.40. The van der Waals surface area contributed by atoms with Crippen LogP contribution < -0.4 is 24.4 Å². The van der Waals surface area contributed by atoms with Crippen LogP contribution in [0.5, 0.6) is 11.5 Å². The van der Waals surface area contributed by atoms with Gasteiger partial charge in [0, 0.05) is 16.1 Å². The molecular formula is C30H25BrN2O8S. The molecule has 0 saturated carbocycles. The topological polar surface area (TPSA) is 130 Å². The fourth-order valence-corrected chi connectivity index (χ4v) is 6.22. The third-order valence-electron chi connectivity index (χ3n) is 6.63. The van der Waals surface area contributed by atoms with Crippen LogP contribution in [-0.4, -0.2) is 42.4 Å². The van der Waals surface area contributed by atoms with Gasteiger partial charge in [0.25, 0.3) is 5.56 Å². The Morgan fingerprint density at radius 1 is 1.12 bits per heavy atom. The first-order valence-corrected chi connectivity index (χ1v) is 14.3. The van der Waals surface area contributed by atoms with Crippen molar-refractivity contribution in [2.75, 3.05) is 20.8 Å². The number of ether oxygens (including phenoxy) is 3. The molecule has 0 spiro atoms. The first kappa shape index (κ1) is 29.1. The molecule has 12 heteroatoms. The van der Waals surface area contributed by atoms with Gasteiger partial charge in [0.05, 0.1) is 48.2 Å². The number of aromatic carboxylic acids is 1. The Morgan fingerprint density at radius 3 is 2.45 bits per heavy atom. The molecule has 42 heavy (non-hydrogen) atoms. The van der Waals surface area contributed by atoms with Crippen LogP contribution in [0.25, 0.3) is 17.4 Å². The number of carbonyl (C=O) groups excluding carboxylic acids is 1. The number of aromatic nitrogens is 1. The van der Waals surface area contributed by atoms with Crippen LogP contribution in [0.4, 0.5) is 0 Å². The number of benzene rings is 2. The predicted octanol–water partition coefficient (Wildman–Crippen LogP) is 4.54. The normalized spacial score (nSPS) is 14.8. The molecule has 1 N–H and O–H groups in total. The Balaban J connectivity index is 1.65. The number of hydrogen-bond acceptors (Lipinski definition) is 9. The zero-order chi connectivity index (χ0) is 30.1. The summed E-state index contributed by atoms with van der Waals surface area (Å²) < 4.78 is 24.7. The lowest BCUT2D eigenvalue weighted by Gasteiger charge is -2.26. The van der Waals surface area contributed by atoms with E-state index in [2.05, 4.69) is 20.9 Å². The molecule has 10 nitrogen and oxygen atoms in total. The summed E-state index contributed by atoms with van der Waals surface area (Å²) in [7, 11) is 3.03. The molecule has 4 aromatic rings. The summed E-state index contributed by atoms with van der Waals surface area (Å²) in [6.07, 6.45) is 1.61. The number of allylic oxidation sites excluding steroid dienone is 1. The van der Waals surface area contributed by atoms with Crippen molar-refractivity contribution >= 4 is 45.3 Å². The number of thiazole rings is 1. The first-order chi connectivity index (χ1) is 20.2. The van der Waals surface area contributed by atoms with Crippen molar-refractivity contribution in [3.8, 4) is 22.8 Å². The van der Waals surface area contributed by atoms with E-state index in [-0.39, 0.29) is 23.3 Å². The molecule has 1 aliphatic rings. The van der Waals surface area contributed by atoms with Gasteiger partial charge in [0.2, 0.25) is 0 Å². The maximum Gasteiger partial charge on any atom is 0.338 e. The Morgan fingerprint density at radius 2 is 1.81 bits per heavy atom. The molecule has 216 valence electrons. The number of methoxy groups -OCH3 is 2. The van der Waals surface area contributed by atoms with Crippen molar-refractivity contribution in [1.82, 2.24) is 4.57 Å². The van der Waals surface area contributed by atoms with Crippen molar-refractivity contribution in [2.45, 2.75) is 19.9 Å².